The van der Waals surface area contributed by atoms with E-state index >= 15 is 0 Å². The van der Waals surface area contributed by atoms with Crippen molar-refractivity contribution in [2.24, 2.45) is 0 Å². The van der Waals surface area contributed by atoms with Crippen LogP contribution in [-0.2, 0) is 11.3 Å². The zero-order valence-corrected chi connectivity index (χ0v) is 15.8. The lowest BCUT2D eigenvalue weighted by Gasteiger charge is -2.18. The van der Waals surface area contributed by atoms with Gasteiger partial charge in [0, 0.05) is 25.7 Å². The number of hydrogen-bond acceptors (Lipinski definition) is 3. The topological polar surface area (TPSA) is 44.4 Å². The largest absolute Gasteiger partial charge is 0.346 e. The van der Waals surface area contributed by atoms with Crippen LogP contribution in [-0.4, -0.2) is 43.0 Å². The monoisotopic (exact) mass is 385 g/mol. The number of carbonyl (C=O) groups is 1. The van der Waals surface area contributed by atoms with Gasteiger partial charge in [0.1, 0.15) is 5.82 Å². The summed E-state index contributed by atoms with van der Waals surface area (Å²) in [6.45, 7) is 3.78. The second-order valence-corrected chi connectivity index (χ2v) is 7.69. The number of halogens is 2. The third kappa shape index (κ3) is 4.39. The van der Waals surface area contributed by atoms with Crippen LogP contribution < -0.4 is 10.6 Å². The maximum absolute atomic E-state index is 14.4. The molecule has 2 aliphatic rings. The van der Waals surface area contributed by atoms with Gasteiger partial charge in [-0.15, -0.1) is 0 Å². The summed E-state index contributed by atoms with van der Waals surface area (Å²) in [5, 5.41) is 7.92. The van der Waals surface area contributed by atoms with Crippen LogP contribution in [0.2, 0.25) is 0 Å². The summed E-state index contributed by atoms with van der Waals surface area (Å²) in [5.41, 5.74) is 1.77. The van der Waals surface area contributed by atoms with Gasteiger partial charge in [0.25, 0.3) is 5.91 Å². The normalized spacial score (nSPS) is 20.5. The number of amides is 1. The van der Waals surface area contributed by atoms with Crippen molar-refractivity contribution in [2.75, 3.05) is 26.2 Å². The minimum atomic E-state index is -0.596. The minimum Gasteiger partial charge on any atom is -0.346 e. The summed E-state index contributed by atoms with van der Waals surface area (Å²) in [6, 6.07) is 10.8. The highest BCUT2D eigenvalue weighted by atomic mass is 19.1. The van der Waals surface area contributed by atoms with Gasteiger partial charge in [-0.2, -0.15) is 0 Å². The number of rotatable bonds is 4. The number of nitrogens with one attached hydrogen (secondary N) is 2. The zero-order valence-electron chi connectivity index (χ0n) is 15.8. The Hall–Kier alpha value is -2.31. The van der Waals surface area contributed by atoms with Crippen molar-refractivity contribution < 1.29 is 13.6 Å². The van der Waals surface area contributed by atoms with E-state index < -0.39 is 11.7 Å². The molecule has 28 heavy (non-hydrogen) atoms. The van der Waals surface area contributed by atoms with Crippen LogP contribution in [0.25, 0.3) is 10.8 Å². The van der Waals surface area contributed by atoms with Crippen molar-refractivity contribution in [3.8, 4) is 0 Å². The molecule has 0 unspecified atom stereocenters. The molecule has 6 heteroatoms. The molecule has 2 saturated heterocycles. The lowest BCUT2D eigenvalue weighted by Crippen LogP contribution is -2.38. The first-order valence-corrected chi connectivity index (χ1v) is 9.88. The van der Waals surface area contributed by atoms with E-state index in [1.165, 1.54) is 12.1 Å². The molecule has 4 rings (SSSR count). The van der Waals surface area contributed by atoms with Gasteiger partial charge in [-0.3, -0.25) is 9.69 Å². The summed E-state index contributed by atoms with van der Waals surface area (Å²) >= 11 is 0. The second-order valence-electron chi connectivity index (χ2n) is 7.69. The number of carbonyl (C=O) groups excluding carboxylic acids is 1. The van der Waals surface area contributed by atoms with E-state index in [1.807, 2.05) is 12.1 Å². The highest BCUT2D eigenvalue weighted by molar-refractivity contribution is 5.92. The Balaban J connectivity index is 1.34. The minimum absolute atomic E-state index is 0.0323. The number of hydrogen-bond donors (Lipinski definition) is 2. The molecule has 2 fully saturated rings. The van der Waals surface area contributed by atoms with E-state index in [0.29, 0.717) is 25.0 Å². The number of likely N-dealkylation sites (tertiary alicyclic amines) is 1. The van der Waals surface area contributed by atoms with Gasteiger partial charge >= 0.3 is 0 Å². The van der Waals surface area contributed by atoms with E-state index in [-0.39, 0.29) is 11.9 Å². The average Bonchev–Trinajstić information content (AvgIpc) is 3.14. The van der Waals surface area contributed by atoms with Crippen molar-refractivity contribution in [3.05, 3.63) is 59.2 Å². The highest BCUT2D eigenvalue weighted by Crippen LogP contribution is 2.21. The highest BCUT2D eigenvalue weighted by Gasteiger charge is 2.26. The Morgan fingerprint density at radius 2 is 1.89 bits per heavy atom. The Bertz CT molecular complexity index is 904. The van der Waals surface area contributed by atoms with Gasteiger partial charge in [-0.25, -0.2) is 8.78 Å². The maximum atomic E-state index is 14.4. The maximum Gasteiger partial charge on any atom is 0.280 e. The fraction of sp³-hybridized carbons (Fsp3) is 0.409. The molecule has 2 heterocycles. The predicted molar refractivity (Wildman–Crippen MR) is 106 cm³/mol. The Labute approximate surface area is 163 Å². The molecule has 2 aromatic carbocycles. The fourth-order valence-corrected chi connectivity index (χ4v) is 4.07. The van der Waals surface area contributed by atoms with Gasteiger partial charge in [-0.05, 0) is 72.5 Å². The van der Waals surface area contributed by atoms with E-state index in [1.54, 1.807) is 6.07 Å². The standard InChI is InChI=1S/C22H25F2N3O/c23-19-4-3-17-11-15(1-2-18(17)12-19)13-27-10-7-20(14-27)26-22(28)21(24)16-5-8-25-9-6-16/h1-4,11-12,20,25H,5-10,13-14H2,(H,26,28)/t20-/m1/s1. The van der Waals surface area contributed by atoms with Crippen LogP contribution in [0.1, 0.15) is 24.8 Å². The van der Waals surface area contributed by atoms with Crippen LogP contribution in [0.3, 0.4) is 0 Å². The molecule has 0 aromatic heterocycles. The Kier molecular flexibility index (Phi) is 5.69. The second kappa shape index (κ2) is 8.37. The summed E-state index contributed by atoms with van der Waals surface area (Å²) in [4.78, 5) is 14.5. The molecular formula is C22H25F2N3O. The first kappa shape index (κ1) is 19.0. The lowest BCUT2D eigenvalue weighted by molar-refractivity contribution is -0.119. The van der Waals surface area contributed by atoms with Gasteiger partial charge in [0.15, 0.2) is 5.83 Å². The SMILES string of the molecule is O=C(N[C@@H]1CCN(Cc2ccc3cc(F)ccc3c2)C1)C(F)=C1CCNCC1. The molecule has 1 atom stereocenters. The predicted octanol–water partition coefficient (Wildman–Crippen LogP) is 3.28. The van der Waals surface area contributed by atoms with Crippen LogP contribution in [0.5, 0.6) is 0 Å². The summed E-state index contributed by atoms with van der Waals surface area (Å²) in [7, 11) is 0. The van der Waals surface area contributed by atoms with Gasteiger partial charge in [-0.1, -0.05) is 18.2 Å². The number of nitrogens with zero attached hydrogens (tertiary/aromatic N) is 1. The first-order valence-electron chi connectivity index (χ1n) is 9.88. The van der Waals surface area contributed by atoms with Crippen molar-refractivity contribution >= 4 is 16.7 Å². The molecule has 0 aliphatic carbocycles. The van der Waals surface area contributed by atoms with Crippen LogP contribution in [0.4, 0.5) is 8.78 Å². The van der Waals surface area contributed by atoms with Crippen molar-refractivity contribution in [3.63, 3.8) is 0 Å². The van der Waals surface area contributed by atoms with Gasteiger partial charge in [0.2, 0.25) is 0 Å². The molecule has 2 aromatic rings. The summed E-state index contributed by atoms with van der Waals surface area (Å²) in [5.74, 6) is -1.40. The molecule has 0 bridgehead atoms. The smallest absolute Gasteiger partial charge is 0.280 e. The molecule has 0 radical (unpaired) electrons. The number of fused-ring (bicyclic) bond motifs is 1. The van der Waals surface area contributed by atoms with E-state index in [9.17, 15) is 13.6 Å². The molecule has 4 nitrogen and oxygen atoms in total. The lowest BCUT2D eigenvalue weighted by atomic mass is 10.0. The third-order valence-electron chi connectivity index (χ3n) is 5.60. The average molecular weight is 385 g/mol. The van der Waals surface area contributed by atoms with E-state index in [0.717, 1.165) is 48.9 Å². The van der Waals surface area contributed by atoms with Gasteiger partial charge < -0.3 is 10.6 Å². The zero-order chi connectivity index (χ0) is 19.5. The van der Waals surface area contributed by atoms with E-state index in [4.69, 9.17) is 0 Å². The molecule has 2 aliphatic heterocycles. The Morgan fingerprint density at radius 3 is 2.71 bits per heavy atom. The van der Waals surface area contributed by atoms with Crippen molar-refractivity contribution in [2.45, 2.75) is 31.8 Å². The molecule has 1 amide bonds. The fourth-order valence-electron chi connectivity index (χ4n) is 4.07. The van der Waals surface area contributed by atoms with Crippen LogP contribution in [0, 0.1) is 5.82 Å². The van der Waals surface area contributed by atoms with Crippen molar-refractivity contribution in [1.82, 2.24) is 15.5 Å². The summed E-state index contributed by atoms with van der Waals surface area (Å²) < 4.78 is 27.7. The summed E-state index contributed by atoms with van der Waals surface area (Å²) in [6.07, 6.45) is 2.01. The number of piperidine rings is 1. The molecule has 0 saturated carbocycles. The molecule has 2 N–H and O–H groups in total. The molecular weight excluding hydrogens is 360 g/mol. The Morgan fingerprint density at radius 1 is 1.14 bits per heavy atom. The van der Waals surface area contributed by atoms with Crippen molar-refractivity contribution in [1.29, 1.82) is 0 Å². The molecule has 0 spiro atoms. The quantitative estimate of drug-likeness (QED) is 0.794. The van der Waals surface area contributed by atoms with Crippen LogP contribution >= 0.6 is 0 Å². The number of benzene rings is 2. The van der Waals surface area contributed by atoms with Crippen LogP contribution in [0.15, 0.2) is 47.8 Å². The molecule has 148 valence electrons. The van der Waals surface area contributed by atoms with Gasteiger partial charge in [0.05, 0.1) is 0 Å². The third-order valence-corrected chi connectivity index (χ3v) is 5.60. The van der Waals surface area contributed by atoms with E-state index in [2.05, 4.69) is 21.6 Å². The first-order chi connectivity index (χ1) is 13.6.